The van der Waals surface area contributed by atoms with Gasteiger partial charge < -0.3 is 4.90 Å². The molecule has 102 valence electrons. The smallest absolute Gasteiger partial charge is 0.320 e. The summed E-state index contributed by atoms with van der Waals surface area (Å²) in [6.07, 6.45) is 1.73. The largest absolute Gasteiger partial charge is 0.330 e. The van der Waals surface area contributed by atoms with Crippen molar-refractivity contribution in [3.05, 3.63) is 51.7 Å². The lowest BCUT2D eigenvalue weighted by atomic mass is 10.1. The second-order valence-corrected chi connectivity index (χ2v) is 5.84. The first-order valence-corrected chi connectivity index (χ1v) is 7.57. The van der Waals surface area contributed by atoms with Gasteiger partial charge in [0.2, 0.25) is 0 Å². The van der Waals surface area contributed by atoms with Gasteiger partial charge in [-0.05, 0) is 53.8 Å². The minimum absolute atomic E-state index is 0.0132. The number of pyridine rings is 1. The molecule has 2 heterocycles. The van der Waals surface area contributed by atoms with E-state index in [0.717, 1.165) is 20.6 Å². The average molecular weight is 379 g/mol. The van der Waals surface area contributed by atoms with E-state index in [1.807, 2.05) is 48.2 Å². The SMILES string of the molecule is CCN1Cc2cccnc2N(c2cccc(I)c2)C1=O. The van der Waals surface area contributed by atoms with Gasteiger partial charge in [-0.1, -0.05) is 12.1 Å². The van der Waals surface area contributed by atoms with E-state index in [2.05, 4.69) is 27.6 Å². The van der Waals surface area contributed by atoms with Crippen molar-refractivity contribution in [2.75, 3.05) is 11.4 Å². The maximum Gasteiger partial charge on any atom is 0.330 e. The molecule has 1 aromatic heterocycles. The number of rotatable bonds is 2. The Kier molecular flexibility index (Phi) is 3.60. The van der Waals surface area contributed by atoms with E-state index in [4.69, 9.17) is 0 Å². The highest BCUT2D eigenvalue weighted by atomic mass is 127. The number of amides is 2. The van der Waals surface area contributed by atoms with Gasteiger partial charge in [0.25, 0.3) is 0 Å². The van der Waals surface area contributed by atoms with Gasteiger partial charge in [0.1, 0.15) is 5.82 Å². The number of anilines is 2. The fourth-order valence-electron chi connectivity index (χ4n) is 2.36. The van der Waals surface area contributed by atoms with Gasteiger partial charge in [0, 0.05) is 21.9 Å². The number of benzene rings is 1. The van der Waals surface area contributed by atoms with Crippen LogP contribution in [0.5, 0.6) is 0 Å². The van der Waals surface area contributed by atoms with E-state index in [1.54, 1.807) is 11.1 Å². The van der Waals surface area contributed by atoms with E-state index in [-0.39, 0.29) is 6.03 Å². The van der Waals surface area contributed by atoms with Crippen molar-refractivity contribution in [1.29, 1.82) is 0 Å². The molecule has 0 aliphatic carbocycles. The zero-order chi connectivity index (χ0) is 14.1. The second kappa shape index (κ2) is 5.40. The summed E-state index contributed by atoms with van der Waals surface area (Å²) in [6, 6.07) is 11.8. The molecule has 20 heavy (non-hydrogen) atoms. The second-order valence-electron chi connectivity index (χ2n) is 4.60. The fraction of sp³-hybridized carbons (Fsp3) is 0.200. The first-order valence-electron chi connectivity index (χ1n) is 6.49. The summed E-state index contributed by atoms with van der Waals surface area (Å²) in [5.41, 5.74) is 1.94. The predicted molar refractivity (Wildman–Crippen MR) is 87.0 cm³/mol. The van der Waals surface area contributed by atoms with Crippen LogP contribution in [0.25, 0.3) is 0 Å². The minimum Gasteiger partial charge on any atom is -0.320 e. The lowest BCUT2D eigenvalue weighted by molar-refractivity contribution is 0.204. The number of fused-ring (bicyclic) bond motifs is 1. The number of aromatic nitrogens is 1. The van der Waals surface area contributed by atoms with Crippen molar-refractivity contribution < 1.29 is 4.79 Å². The number of hydrogen-bond donors (Lipinski definition) is 0. The molecule has 1 aromatic carbocycles. The number of halogens is 1. The van der Waals surface area contributed by atoms with Gasteiger partial charge in [-0.15, -0.1) is 0 Å². The molecule has 0 atom stereocenters. The van der Waals surface area contributed by atoms with E-state index in [9.17, 15) is 4.79 Å². The Balaban J connectivity index is 2.14. The van der Waals surface area contributed by atoms with Gasteiger partial charge >= 0.3 is 6.03 Å². The summed E-state index contributed by atoms with van der Waals surface area (Å²) < 4.78 is 1.10. The van der Waals surface area contributed by atoms with Crippen LogP contribution < -0.4 is 4.90 Å². The monoisotopic (exact) mass is 379 g/mol. The van der Waals surface area contributed by atoms with Crippen molar-refractivity contribution >= 4 is 40.1 Å². The van der Waals surface area contributed by atoms with Crippen molar-refractivity contribution in [3.8, 4) is 0 Å². The number of nitrogens with zero attached hydrogens (tertiary/aromatic N) is 3. The molecule has 0 radical (unpaired) electrons. The molecule has 0 fully saturated rings. The lowest BCUT2D eigenvalue weighted by Gasteiger charge is -2.35. The molecule has 1 aliphatic heterocycles. The minimum atomic E-state index is -0.0132. The van der Waals surface area contributed by atoms with Crippen LogP contribution in [0.15, 0.2) is 42.6 Å². The molecular formula is C15H14IN3O. The number of hydrogen-bond acceptors (Lipinski definition) is 2. The quantitative estimate of drug-likeness (QED) is 0.745. The van der Waals surface area contributed by atoms with Gasteiger partial charge in [-0.25, -0.2) is 14.7 Å². The zero-order valence-electron chi connectivity index (χ0n) is 11.1. The van der Waals surface area contributed by atoms with Crippen LogP contribution in [0.3, 0.4) is 0 Å². The Morgan fingerprint density at radius 2 is 2.15 bits per heavy atom. The lowest BCUT2D eigenvalue weighted by Crippen LogP contribution is -2.45. The Morgan fingerprint density at radius 3 is 2.90 bits per heavy atom. The van der Waals surface area contributed by atoms with Crippen molar-refractivity contribution in [2.24, 2.45) is 0 Å². The summed E-state index contributed by atoms with van der Waals surface area (Å²) in [5.74, 6) is 0.740. The van der Waals surface area contributed by atoms with Gasteiger partial charge in [-0.2, -0.15) is 0 Å². The van der Waals surface area contributed by atoms with Crippen LogP contribution in [0.2, 0.25) is 0 Å². The third-order valence-electron chi connectivity index (χ3n) is 3.35. The van der Waals surface area contributed by atoms with E-state index in [0.29, 0.717) is 13.1 Å². The summed E-state index contributed by atoms with van der Waals surface area (Å²) in [4.78, 5) is 20.6. The van der Waals surface area contributed by atoms with Crippen molar-refractivity contribution in [2.45, 2.75) is 13.5 Å². The number of carbonyl (C=O) groups excluding carboxylic acids is 1. The van der Waals surface area contributed by atoms with Crippen LogP contribution in [0, 0.1) is 3.57 Å². The molecule has 5 heteroatoms. The average Bonchev–Trinajstić information content (AvgIpc) is 2.46. The summed E-state index contributed by atoms with van der Waals surface area (Å²) in [5, 5.41) is 0. The van der Waals surface area contributed by atoms with Gasteiger partial charge in [0.05, 0.1) is 12.2 Å². The topological polar surface area (TPSA) is 36.4 Å². The van der Waals surface area contributed by atoms with Crippen LogP contribution in [0.1, 0.15) is 12.5 Å². The molecule has 2 amide bonds. The van der Waals surface area contributed by atoms with Crippen LogP contribution in [-0.2, 0) is 6.54 Å². The standard InChI is InChI=1S/C15H14IN3O/c1-2-18-10-11-5-4-8-17-14(11)19(15(18)20)13-7-3-6-12(16)9-13/h3-9H,2,10H2,1H3. The highest BCUT2D eigenvalue weighted by Crippen LogP contribution is 2.33. The van der Waals surface area contributed by atoms with Crippen LogP contribution >= 0.6 is 22.6 Å². The highest BCUT2D eigenvalue weighted by molar-refractivity contribution is 14.1. The number of urea groups is 1. The summed E-state index contributed by atoms with van der Waals surface area (Å²) >= 11 is 2.25. The Bertz CT molecular complexity index is 659. The Hall–Kier alpha value is -1.63. The van der Waals surface area contributed by atoms with E-state index in [1.165, 1.54) is 0 Å². The maximum atomic E-state index is 12.6. The van der Waals surface area contributed by atoms with Gasteiger partial charge in [0.15, 0.2) is 0 Å². The highest BCUT2D eigenvalue weighted by Gasteiger charge is 2.31. The third kappa shape index (κ3) is 2.26. The molecular weight excluding hydrogens is 365 g/mol. The van der Waals surface area contributed by atoms with E-state index < -0.39 is 0 Å². The molecule has 4 nitrogen and oxygen atoms in total. The normalized spacial score (nSPS) is 14.4. The third-order valence-corrected chi connectivity index (χ3v) is 4.02. The first-order chi connectivity index (χ1) is 9.70. The van der Waals surface area contributed by atoms with Crippen molar-refractivity contribution in [3.63, 3.8) is 0 Å². The molecule has 0 saturated heterocycles. The molecule has 1 aliphatic rings. The van der Waals surface area contributed by atoms with E-state index >= 15 is 0 Å². The molecule has 0 saturated carbocycles. The fourth-order valence-corrected chi connectivity index (χ4v) is 2.88. The maximum absolute atomic E-state index is 12.6. The molecule has 3 rings (SSSR count). The van der Waals surface area contributed by atoms with Crippen molar-refractivity contribution in [1.82, 2.24) is 9.88 Å². The predicted octanol–water partition coefficient (Wildman–Crippen LogP) is 3.78. The molecule has 2 aromatic rings. The van der Waals surface area contributed by atoms with Crippen LogP contribution in [-0.4, -0.2) is 22.5 Å². The summed E-state index contributed by atoms with van der Waals surface area (Å²) in [7, 11) is 0. The Labute approximate surface area is 131 Å². The molecule has 0 bridgehead atoms. The zero-order valence-corrected chi connectivity index (χ0v) is 13.2. The summed E-state index contributed by atoms with van der Waals surface area (Å²) in [6.45, 7) is 3.30. The van der Waals surface area contributed by atoms with Gasteiger partial charge in [-0.3, -0.25) is 0 Å². The molecule has 0 unspecified atom stereocenters. The number of carbonyl (C=O) groups is 1. The Morgan fingerprint density at radius 1 is 1.30 bits per heavy atom. The first kappa shape index (κ1) is 13.4. The molecule has 0 spiro atoms. The molecule has 0 N–H and O–H groups in total. The van der Waals surface area contributed by atoms with Crippen LogP contribution in [0.4, 0.5) is 16.3 Å².